The molecule has 504 valence electrons. The lowest BCUT2D eigenvalue weighted by molar-refractivity contribution is -0.200. The molecule has 0 heterocycles. The molecule has 5 saturated carbocycles. The Hall–Kier alpha value is -2.65. The van der Waals surface area contributed by atoms with E-state index in [9.17, 15) is 0 Å². The van der Waals surface area contributed by atoms with Crippen LogP contribution in [0.25, 0.3) is 0 Å². The molecular formula is C77H136O10. The van der Waals surface area contributed by atoms with Gasteiger partial charge >= 0.3 is 29.8 Å². The predicted octanol–water partition coefficient (Wildman–Crippen LogP) is 21.4. The zero-order valence-corrected chi connectivity index (χ0v) is 59.8. The van der Waals surface area contributed by atoms with E-state index in [1.165, 1.54) is 12.8 Å². The fourth-order valence-electron chi connectivity index (χ4n) is 19.6. The van der Waals surface area contributed by atoms with Crippen LogP contribution in [0.1, 0.15) is 375 Å². The molecule has 0 saturated heterocycles. The monoisotopic (exact) mass is 1220 g/mol. The molecule has 0 aromatic rings. The summed E-state index contributed by atoms with van der Waals surface area (Å²) in [6.45, 7) is 35.1. The molecule has 0 aromatic heterocycles. The third-order valence-electron chi connectivity index (χ3n) is 25.7. The molecular weight excluding hydrogens is 1080 g/mol. The minimum atomic E-state index is -1.57. The van der Waals surface area contributed by atoms with Gasteiger partial charge < -0.3 is 23.7 Å². The third kappa shape index (κ3) is 17.1. The highest BCUT2D eigenvalue weighted by molar-refractivity contribution is 5.85. The van der Waals surface area contributed by atoms with Crippen LogP contribution in [0, 0.1) is 56.7 Å². The first-order valence-electron chi connectivity index (χ1n) is 37.3. The van der Waals surface area contributed by atoms with Gasteiger partial charge in [-0.15, -0.1) is 0 Å². The summed E-state index contributed by atoms with van der Waals surface area (Å²) in [5.41, 5.74) is -10.5. The molecule has 0 aromatic carbocycles. The standard InChI is InChI=1S/C77H136O10/c1-18-69(14,64(79)84-74(21-4,22-5)59-46-36-30-37-47-59)55-71(16,66(81)86-76(25-8,26-9)61-50-40-32-41-51-61)57-72(17,67(82)87-77(27-10,28-11)62-52-42-33-43-53-62)56-70(15,65(80)85-75(23-6,24-7)60-48-38-31-39-49-60)54-68(12,13)63(78)83-73(19-2,20-3)58-44-34-29-35-45-58/h58-62H,18-57H2,1-17H3. The Morgan fingerprint density at radius 3 is 0.609 bits per heavy atom. The SMILES string of the molecule is CCC(C)(CC(C)(CC(C)(CC(C)(CC(C)(C)C(=O)OC(CC)(CC)C1CCCCC1)C(=O)OC(CC)(CC)C1CCCCC1)C(=O)OC(CC)(CC)C1CCCCC1)C(=O)OC(CC)(CC)C1CCCCC1)C(=O)OC(CC)(CC)C1CCCCC1. The third-order valence-corrected chi connectivity index (χ3v) is 25.7. The summed E-state index contributed by atoms with van der Waals surface area (Å²) >= 11 is 0. The second kappa shape index (κ2) is 32.3. The normalized spacial score (nSPS) is 22.0. The van der Waals surface area contributed by atoms with Gasteiger partial charge in [0.05, 0.1) is 27.1 Å². The molecule has 0 aliphatic heterocycles. The van der Waals surface area contributed by atoms with Gasteiger partial charge in [-0.05, 0) is 232 Å². The fraction of sp³-hybridized carbons (Fsp3) is 0.935. The summed E-state index contributed by atoms with van der Waals surface area (Å²) in [5, 5.41) is 0. The van der Waals surface area contributed by atoms with E-state index < -0.39 is 73.0 Å². The summed E-state index contributed by atoms with van der Waals surface area (Å²) in [6.07, 6.45) is 33.5. The first-order valence-corrected chi connectivity index (χ1v) is 37.3. The Morgan fingerprint density at radius 1 is 0.241 bits per heavy atom. The van der Waals surface area contributed by atoms with Crippen LogP contribution in [0.2, 0.25) is 0 Å². The second-order valence-electron chi connectivity index (χ2n) is 31.7. The molecule has 0 bridgehead atoms. The first-order chi connectivity index (χ1) is 41.2. The highest BCUT2D eigenvalue weighted by atomic mass is 16.6. The molecule has 0 spiro atoms. The minimum Gasteiger partial charge on any atom is -0.458 e. The molecule has 5 aliphatic carbocycles. The van der Waals surface area contributed by atoms with Gasteiger partial charge in [0.2, 0.25) is 0 Å². The van der Waals surface area contributed by atoms with Gasteiger partial charge in [0.15, 0.2) is 0 Å². The number of esters is 5. The maximum atomic E-state index is 16.8. The minimum absolute atomic E-state index is 0.0338. The average molecular weight is 1220 g/mol. The molecule has 0 N–H and O–H groups in total. The van der Waals surface area contributed by atoms with E-state index in [0.717, 1.165) is 148 Å². The van der Waals surface area contributed by atoms with Crippen molar-refractivity contribution in [3.63, 3.8) is 0 Å². The van der Waals surface area contributed by atoms with Crippen LogP contribution in [0.3, 0.4) is 0 Å². The van der Waals surface area contributed by atoms with E-state index >= 15 is 24.0 Å². The van der Waals surface area contributed by atoms with E-state index in [2.05, 4.69) is 69.2 Å². The number of carbonyl (C=O) groups excluding carboxylic acids is 5. The van der Waals surface area contributed by atoms with Crippen LogP contribution in [0.5, 0.6) is 0 Å². The Kier molecular flexibility index (Phi) is 27.8. The zero-order valence-electron chi connectivity index (χ0n) is 59.8. The van der Waals surface area contributed by atoms with Crippen molar-refractivity contribution < 1.29 is 47.7 Å². The lowest BCUT2D eigenvalue weighted by atomic mass is 9.59. The molecule has 4 unspecified atom stereocenters. The van der Waals surface area contributed by atoms with Gasteiger partial charge in [-0.2, -0.15) is 0 Å². The molecule has 10 nitrogen and oxygen atoms in total. The first kappa shape index (κ1) is 75.1. The Labute approximate surface area is 534 Å². The van der Waals surface area contributed by atoms with Gasteiger partial charge in [0, 0.05) is 0 Å². The van der Waals surface area contributed by atoms with Gasteiger partial charge in [-0.1, -0.05) is 172 Å². The van der Waals surface area contributed by atoms with Gasteiger partial charge in [-0.25, -0.2) is 0 Å². The highest BCUT2D eigenvalue weighted by Crippen LogP contribution is 2.56. The van der Waals surface area contributed by atoms with Crippen molar-refractivity contribution in [2.75, 3.05) is 0 Å². The van der Waals surface area contributed by atoms with Crippen molar-refractivity contribution >= 4 is 29.8 Å². The summed E-state index contributed by atoms with van der Waals surface area (Å²) in [4.78, 5) is 81.0. The second-order valence-corrected chi connectivity index (χ2v) is 31.7. The van der Waals surface area contributed by atoms with Crippen molar-refractivity contribution in [3.05, 3.63) is 0 Å². The molecule has 5 fully saturated rings. The summed E-state index contributed by atoms with van der Waals surface area (Å²) in [7, 11) is 0. The van der Waals surface area contributed by atoms with Crippen molar-refractivity contribution in [2.24, 2.45) is 56.7 Å². The molecule has 0 amide bonds. The predicted molar refractivity (Wildman–Crippen MR) is 355 cm³/mol. The fourth-order valence-corrected chi connectivity index (χ4v) is 19.6. The van der Waals surface area contributed by atoms with E-state index in [1.807, 2.05) is 48.5 Å². The van der Waals surface area contributed by atoms with Crippen LogP contribution < -0.4 is 0 Å². The lowest BCUT2D eigenvalue weighted by Crippen LogP contribution is -2.54. The number of hydrogen-bond donors (Lipinski definition) is 0. The van der Waals surface area contributed by atoms with E-state index in [4.69, 9.17) is 23.7 Å². The summed E-state index contributed by atoms with van der Waals surface area (Å²) in [6, 6.07) is 0. The van der Waals surface area contributed by atoms with Crippen LogP contribution in [0.15, 0.2) is 0 Å². The van der Waals surface area contributed by atoms with Crippen molar-refractivity contribution in [2.45, 2.75) is 403 Å². The van der Waals surface area contributed by atoms with Crippen LogP contribution in [-0.4, -0.2) is 57.9 Å². The summed E-state index contributed by atoms with van der Waals surface area (Å²) in [5.74, 6) is -0.974. The Balaban J connectivity index is 1.79. The maximum absolute atomic E-state index is 16.8. The van der Waals surface area contributed by atoms with E-state index in [0.29, 0.717) is 70.6 Å². The van der Waals surface area contributed by atoms with Crippen molar-refractivity contribution in [3.8, 4) is 0 Å². The number of hydrogen-bond acceptors (Lipinski definition) is 10. The van der Waals surface area contributed by atoms with Gasteiger partial charge in [0.25, 0.3) is 0 Å². The van der Waals surface area contributed by atoms with Crippen LogP contribution >= 0.6 is 0 Å². The molecule has 5 aliphatic rings. The van der Waals surface area contributed by atoms with Gasteiger partial charge in [0.1, 0.15) is 28.0 Å². The largest absolute Gasteiger partial charge is 0.458 e. The molecule has 4 atom stereocenters. The van der Waals surface area contributed by atoms with Crippen LogP contribution in [-0.2, 0) is 47.7 Å². The van der Waals surface area contributed by atoms with Gasteiger partial charge in [-0.3, -0.25) is 24.0 Å². The molecule has 0 radical (unpaired) electrons. The van der Waals surface area contributed by atoms with Crippen LogP contribution in [0.4, 0.5) is 0 Å². The number of ether oxygens (including phenoxy) is 5. The lowest BCUT2D eigenvalue weighted by Gasteiger charge is -2.50. The zero-order chi connectivity index (χ0) is 64.6. The quantitative estimate of drug-likeness (QED) is 0.0453. The number of rotatable bonds is 34. The summed E-state index contributed by atoms with van der Waals surface area (Å²) < 4.78 is 35.9. The maximum Gasteiger partial charge on any atom is 0.312 e. The van der Waals surface area contributed by atoms with Crippen molar-refractivity contribution in [1.82, 2.24) is 0 Å². The topological polar surface area (TPSA) is 132 Å². The molecule has 10 heteroatoms. The van der Waals surface area contributed by atoms with E-state index in [1.54, 1.807) is 0 Å². The molecule has 5 rings (SSSR count). The van der Waals surface area contributed by atoms with E-state index in [-0.39, 0.29) is 67.2 Å². The average Bonchev–Trinajstić information content (AvgIpc) is 1.12. The number of carbonyl (C=O) groups is 5. The Bertz CT molecular complexity index is 2130. The highest BCUT2D eigenvalue weighted by Gasteiger charge is 2.60. The Morgan fingerprint density at radius 2 is 0.414 bits per heavy atom. The molecule has 87 heavy (non-hydrogen) atoms. The smallest absolute Gasteiger partial charge is 0.312 e. The van der Waals surface area contributed by atoms with Crippen molar-refractivity contribution in [1.29, 1.82) is 0 Å².